The summed E-state index contributed by atoms with van der Waals surface area (Å²) in [5.41, 5.74) is 2.00. The van der Waals surface area contributed by atoms with E-state index in [0.29, 0.717) is 10.6 Å². The molecule has 98 valence electrons. The molecule has 0 amide bonds. The summed E-state index contributed by atoms with van der Waals surface area (Å²) in [6.07, 6.45) is 0.736. The number of hydrogen-bond donors (Lipinski definition) is 0. The fourth-order valence-corrected chi connectivity index (χ4v) is 2.64. The van der Waals surface area contributed by atoms with Gasteiger partial charge in [-0.05, 0) is 17.5 Å². The summed E-state index contributed by atoms with van der Waals surface area (Å²) < 4.78 is 0. The summed E-state index contributed by atoms with van der Waals surface area (Å²) in [4.78, 5) is 15.6. The Morgan fingerprint density at radius 1 is 0.950 bits per heavy atom. The number of aromatic nitrogens is 1. The molecule has 3 aromatic rings. The molecule has 2 aromatic carbocycles. The molecule has 2 nitrogen and oxygen atoms in total. The quantitative estimate of drug-likeness (QED) is 0.491. The fourth-order valence-electron chi connectivity index (χ4n) is 2.22. The highest BCUT2D eigenvalue weighted by molar-refractivity contribution is 6.34. The lowest BCUT2D eigenvalue weighted by atomic mass is 10.0. The van der Waals surface area contributed by atoms with Gasteiger partial charge in [0, 0.05) is 16.0 Å². The van der Waals surface area contributed by atoms with Crippen LogP contribution in [0, 0.1) is 0 Å². The maximum absolute atomic E-state index is 11.2. The number of carbonyl (C=O) groups excluding carboxylic acids is 1. The molecule has 0 spiro atoms. The summed E-state index contributed by atoms with van der Waals surface area (Å²) in [7, 11) is 0. The van der Waals surface area contributed by atoms with E-state index in [-0.39, 0.29) is 5.15 Å². The molecule has 0 fully saturated rings. The van der Waals surface area contributed by atoms with E-state index < -0.39 is 0 Å². The van der Waals surface area contributed by atoms with E-state index in [2.05, 4.69) is 4.98 Å². The molecule has 0 bridgehead atoms. The lowest BCUT2D eigenvalue weighted by Crippen LogP contribution is -1.94. The first kappa shape index (κ1) is 13.1. The highest BCUT2D eigenvalue weighted by Crippen LogP contribution is 2.32. The van der Waals surface area contributed by atoms with E-state index in [1.807, 2.05) is 42.5 Å². The largest absolute Gasteiger partial charge is 0.298 e. The van der Waals surface area contributed by atoms with Crippen LogP contribution in [0.2, 0.25) is 10.2 Å². The Kier molecular flexibility index (Phi) is 3.43. The highest BCUT2D eigenvalue weighted by atomic mass is 35.5. The van der Waals surface area contributed by atoms with Crippen LogP contribution in [0.5, 0.6) is 0 Å². The van der Waals surface area contributed by atoms with E-state index in [1.165, 1.54) is 0 Å². The average Bonchev–Trinajstić information content (AvgIpc) is 2.46. The molecule has 0 unspecified atom stereocenters. The van der Waals surface area contributed by atoms with Crippen molar-refractivity contribution >= 4 is 40.3 Å². The number of nitrogens with zero attached hydrogens (tertiary/aromatic N) is 1. The second-order valence-electron chi connectivity index (χ2n) is 4.34. The predicted octanol–water partition coefficient (Wildman–Crippen LogP) is 5.02. The molecule has 0 radical (unpaired) electrons. The van der Waals surface area contributed by atoms with Gasteiger partial charge < -0.3 is 0 Å². The van der Waals surface area contributed by atoms with Gasteiger partial charge in [0.2, 0.25) is 0 Å². The van der Waals surface area contributed by atoms with Crippen molar-refractivity contribution in [3.8, 4) is 11.3 Å². The van der Waals surface area contributed by atoms with E-state index in [1.54, 1.807) is 6.07 Å². The first-order chi connectivity index (χ1) is 9.70. The average molecular weight is 302 g/mol. The van der Waals surface area contributed by atoms with Crippen LogP contribution in [0.3, 0.4) is 0 Å². The maximum atomic E-state index is 11.2. The van der Waals surface area contributed by atoms with Gasteiger partial charge >= 0.3 is 0 Å². The molecule has 0 aliphatic heterocycles. The monoisotopic (exact) mass is 301 g/mol. The summed E-state index contributed by atoms with van der Waals surface area (Å²) >= 11 is 12.2. The van der Waals surface area contributed by atoms with E-state index >= 15 is 0 Å². The third-order valence-corrected chi connectivity index (χ3v) is 3.64. The number of aldehydes is 1. The number of rotatable bonds is 2. The zero-order valence-corrected chi connectivity index (χ0v) is 11.8. The van der Waals surface area contributed by atoms with Crippen molar-refractivity contribution in [2.24, 2.45) is 0 Å². The third kappa shape index (κ3) is 2.17. The maximum Gasteiger partial charge on any atom is 0.153 e. The summed E-state index contributed by atoms with van der Waals surface area (Å²) in [5.74, 6) is 0. The Bertz CT molecular complexity index is 815. The fraction of sp³-hybridized carbons (Fsp3) is 0. The Labute approximate surface area is 126 Å². The van der Waals surface area contributed by atoms with Gasteiger partial charge in [-0.3, -0.25) is 4.79 Å². The smallest absolute Gasteiger partial charge is 0.153 e. The number of pyridine rings is 1. The molecular weight excluding hydrogens is 293 g/mol. The second-order valence-corrected chi connectivity index (χ2v) is 5.13. The third-order valence-electron chi connectivity index (χ3n) is 3.12. The minimum atomic E-state index is 0.202. The standard InChI is InChI=1S/C16H9Cl2NO/c17-11-5-3-4-10(8-11)15-13-7-2-1-6-12(13)14(9-20)16(18)19-15/h1-9H. The normalized spacial score (nSPS) is 10.7. The van der Waals surface area contributed by atoms with Crippen molar-refractivity contribution in [3.63, 3.8) is 0 Å². The molecule has 0 aliphatic carbocycles. The molecule has 20 heavy (non-hydrogen) atoms. The van der Waals surface area contributed by atoms with Crippen LogP contribution >= 0.6 is 23.2 Å². The second kappa shape index (κ2) is 5.23. The summed E-state index contributed by atoms with van der Waals surface area (Å²) in [5, 5.41) is 2.50. The lowest BCUT2D eigenvalue weighted by Gasteiger charge is -2.09. The van der Waals surface area contributed by atoms with Crippen LogP contribution in [0.15, 0.2) is 48.5 Å². The van der Waals surface area contributed by atoms with Crippen molar-refractivity contribution in [2.45, 2.75) is 0 Å². The molecule has 0 N–H and O–H groups in total. The number of halogens is 2. The van der Waals surface area contributed by atoms with Gasteiger partial charge in [0.05, 0.1) is 11.3 Å². The molecule has 0 atom stereocenters. The number of carbonyl (C=O) groups is 1. The molecule has 1 heterocycles. The van der Waals surface area contributed by atoms with Crippen LogP contribution in [-0.4, -0.2) is 11.3 Å². The Morgan fingerprint density at radius 3 is 2.40 bits per heavy atom. The van der Waals surface area contributed by atoms with Crippen molar-refractivity contribution in [2.75, 3.05) is 0 Å². The number of hydrogen-bond acceptors (Lipinski definition) is 2. The van der Waals surface area contributed by atoms with Crippen molar-refractivity contribution < 1.29 is 4.79 Å². The molecule has 0 saturated heterocycles. The van der Waals surface area contributed by atoms with Crippen LogP contribution in [-0.2, 0) is 0 Å². The summed E-state index contributed by atoms with van der Waals surface area (Å²) in [6.45, 7) is 0. The van der Waals surface area contributed by atoms with E-state index in [4.69, 9.17) is 23.2 Å². The predicted molar refractivity (Wildman–Crippen MR) is 82.6 cm³/mol. The van der Waals surface area contributed by atoms with Crippen molar-refractivity contribution in [1.29, 1.82) is 0 Å². The zero-order valence-electron chi connectivity index (χ0n) is 10.3. The van der Waals surface area contributed by atoms with Gasteiger partial charge in [-0.15, -0.1) is 0 Å². The first-order valence-corrected chi connectivity index (χ1v) is 6.75. The highest BCUT2D eigenvalue weighted by Gasteiger charge is 2.13. The minimum Gasteiger partial charge on any atom is -0.298 e. The molecular formula is C16H9Cl2NO. The SMILES string of the molecule is O=Cc1c(Cl)nc(-c2cccc(Cl)c2)c2ccccc12. The van der Waals surface area contributed by atoms with Crippen molar-refractivity contribution in [3.05, 3.63) is 64.3 Å². The van der Waals surface area contributed by atoms with Crippen LogP contribution in [0.4, 0.5) is 0 Å². The Balaban J connectivity index is 2.40. The topological polar surface area (TPSA) is 30.0 Å². The van der Waals surface area contributed by atoms with Gasteiger partial charge in [0.1, 0.15) is 5.15 Å². The van der Waals surface area contributed by atoms with Crippen LogP contribution < -0.4 is 0 Å². The van der Waals surface area contributed by atoms with Gasteiger partial charge in [-0.2, -0.15) is 0 Å². The first-order valence-electron chi connectivity index (χ1n) is 6.00. The summed E-state index contributed by atoms with van der Waals surface area (Å²) in [6, 6.07) is 15.0. The van der Waals surface area contributed by atoms with Crippen LogP contribution in [0.25, 0.3) is 22.0 Å². The van der Waals surface area contributed by atoms with Crippen LogP contribution in [0.1, 0.15) is 10.4 Å². The lowest BCUT2D eigenvalue weighted by molar-refractivity contribution is 0.112. The Hall–Kier alpha value is -1.90. The van der Waals surface area contributed by atoms with E-state index in [9.17, 15) is 4.79 Å². The molecule has 3 rings (SSSR count). The zero-order chi connectivity index (χ0) is 14.1. The van der Waals surface area contributed by atoms with Crippen molar-refractivity contribution in [1.82, 2.24) is 4.98 Å². The van der Waals surface area contributed by atoms with Gasteiger partial charge in [-0.1, -0.05) is 59.6 Å². The van der Waals surface area contributed by atoms with Gasteiger partial charge in [-0.25, -0.2) is 4.98 Å². The molecule has 1 aromatic heterocycles. The molecule has 0 aliphatic rings. The van der Waals surface area contributed by atoms with Gasteiger partial charge in [0.25, 0.3) is 0 Å². The van der Waals surface area contributed by atoms with Gasteiger partial charge in [0.15, 0.2) is 6.29 Å². The van der Waals surface area contributed by atoms with E-state index in [0.717, 1.165) is 28.3 Å². The minimum absolute atomic E-state index is 0.202. The number of benzene rings is 2. The Morgan fingerprint density at radius 2 is 1.70 bits per heavy atom. The molecule has 4 heteroatoms. The molecule has 0 saturated carbocycles. The number of fused-ring (bicyclic) bond motifs is 1.